The lowest BCUT2D eigenvalue weighted by Crippen LogP contribution is -2.10. The van der Waals surface area contributed by atoms with E-state index in [2.05, 4.69) is 20.8 Å². The van der Waals surface area contributed by atoms with Gasteiger partial charge >= 0.3 is 0 Å². The molecule has 0 saturated heterocycles. The Hall–Kier alpha value is 0.250. The monoisotopic (exact) mass is 163 g/mol. The molecule has 0 aromatic heterocycles. The molecule has 10 heavy (non-hydrogen) atoms. The zero-order valence-corrected chi connectivity index (χ0v) is 7.87. The summed E-state index contributed by atoms with van der Waals surface area (Å²) in [5.41, 5.74) is 6.16. The van der Waals surface area contributed by atoms with Crippen LogP contribution in [0.25, 0.3) is 0 Å². The topological polar surface area (TPSA) is 26.0 Å². The van der Waals surface area contributed by atoms with Crippen molar-refractivity contribution >= 4 is 12.4 Å². The van der Waals surface area contributed by atoms with Crippen LogP contribution in [0.3, 0.4) is 0 Å². The molecular weight excluding hydrogens is 146 g/mol. The minimum absolute atomic E-state index is 0. The number of rotatable bonds is 1. The van der Waals surface area contributed by atoms with Crippen LogP contribution in [0.5, 0.6) is 0 Å². The Morgan fingerprint density at radius 2 is 1.80 bits per heavy atom. The summed E-state index contributed by atoms with van der Waals surface area (Å²) >= 11 is 0. The average molecular weight is 164 g/mol. The highest BCUT2D eigenvalue weighted by Crippen LogP contribution is 2.38. The predicted molar refractivity (Wildman–Crippen MR) is 47.4 cm³/mol. The summed E-state index contributed by atoms with van der Waals surface area (Å²) in [6.45, 7) is 6.83. The molecule has 2 unspecified atom stereocenters. The molecule has 62 valence electrons. The highest BCUT2D eigenvalue weighted by molar-refractivity contribution is 5.85. The maximum absolute atomic E-state index is 5.67. The van der Waals surface area contributed by atoms with Crippen molar-refractivity contribution in [3.63, 3.8) is 0 Å². The van der Waals surface area contributed by atoms with Gasteiger partial charge in [0, 0.05) is 6.04 Å². The molecule has 1 aliphatic carbocycles. The van der Waals surface area contributed by atoms with Crippen molar-refractivity contribution in [1.29, 1.82) is 0 Å². The van der Waals surface area contributed by atoms with Gasteiger partial charge in [-0.3, -0.25) is 0 Å². The summed E-state index contributed by atoms with van der Waals surface area (Å²) in [5.74, 6) is 0.838. The van der Waals surface area contributed by atoms with Crippen LogP contribution < -0.4 is 5.73 Å². The first-order valence-corrected chi connectivity index (χ1v) is 3.74. The lowest BCUT2D eigenvalue weighted by molar-refractivity contribution is 0.350. The maximum Gasteiger partial charge on any atom is 0.00711 e. The van der Waals surface area contributed by atoms with Crippen molar-refractivity contribution in [2.75, 3.05) is 0 Å². The van der Waals surface area contributed by atoms with E-state index in [1.54, 1.807) is 0 Å². The molecule has 1 saturated carbocycles. The summed E-state index contributed by atoms with van der Waals surface area (Å²) in [5, 5.41) is 0. The molecule has 2 heteroatoms. The van der Waals surface area contributed by atoms with Gasteiger partial charge in [0.05, 0.1) is 0 Å². The van der Waals surface area contributed by atoms with E-state index in [1.807, 2.05) is 0 Å². The zero-order chi connectivity index (χ0) is 7.07. The fourth-order valence-electron chi connectivity index (χ4n) is 1.29. The molecule has 2 N–H and O–H groups in total. The summed E-state index contributed by atoms with van der Waals surface area (Å²) < 4.78 is 0. The Kier molecular flexibility index (Phi) is 3.18. The normalized spacial score (nSPS) is 31.2. The molecule has 0 radical (unpaired) electrons. The van der Waals surface area contributed by atoms with Crippen molar-refractivity contribution in [1.82, 2.24) is 0 Å². The summed E-state index contributed by atoms with van der Waals surface area (Å²) in [4.78, 5) is 0. The third-order valence-electron chi connectivity index (χ3n) is 1.85. The zero-order valence-electron chi connectivity index (χ0n) is 7.05. The van der Waals surface area contributed by atoms with Gasteiger partial charge in [0.15, 0.2) is 0 Å². The van der Waals surface area contributed by atoms with E-state index < -0.39 is 0 Å². The fraction of sp³-hybridized carbons (Fsp3) is 1.00. The molecule has 1 fully saturated rings. The third kappa shape index (κ3) is 3.43. The second-order valence-corrected chi connectivity index (χ2v) is 4.42. The van der Waals surface area contributed by atoms with Crippen LogP contribution in [-0.4, -0.2) is 6.04 Å². The molecule has 2 atom stereocenters. The first-order valence-electron chi connectivity index (χ1n) is 3.74. The fourth-order valence-corrected chi connectivity index (χ4v) is 1.29. The number of halogens is 1. The van der Waals surface area contributed by atoms with Gasteiger partial charge in [0.25, 0.3) is 0 Å². The van der Waals surface area contributed by atoms with Gasteiger partial charge in [0.1, 0.15) is 0 Å². The minimum Gasteiger partial charge on any atom is -0.327 e. The van der Waals surface area contributed by atoms with Crippen molar-refractivity contribution in [2.24, 2.45) is 17.1 Å². The summed E-state index contributed by atoms with van der Waals surface area (Å²) in [6.07, 6.45) is 2.56. The van der Waals surface area contributed by atoms with E-state index in [1.165, 1.54) is 12.8 Å². The highest BCUT2D eigenvalue weighted by Gasteiger charge is 2.35. The first-order chi connectivity index (χ1) is 3.99. The van der Waals surface area contributed by atoms with Crippen molar-refractivity contribution in [3.05, 3.63) is 0 Å². The summed E-state index contributed by atoms with van der Waals surface area (Å²) in [7, 11) is 0. The van der Waals surface area contributed by atoms with E-state index in [0.717, 1.165) is 5.92 Å². The maximum atomic E-state index is 5.67. The molecule has 1 nitrogen and oxygen atoms in total. The number of hydrogen-bond donors (Lipinski definition) is 1. The third-order valence-corrected chi connectivity index (χ3v) is 1.85. The van der Waals surface area contributed by atoms with Crippen LogP contribution >= 0.6 is 12.4 Å². The quantitative estimate of drug-likeness (QED) is 0.630. The highest BCUT2D eigenvalue weighted by atomic mass is 35.5. The second kappa shape index (κ2) is 3.10. The largest absolute Gasteiger partial charge is 0.327 e. The first kappa shape index (κ1) is 10.2. The van der Waals surface area contributed by atoms with Crippen molar-refractivity contribution < 1.29 is 0 Å². The molecule has 0 amide bonds. The van der Waals surface area contributed by atoms with E-state index in [-0.39, 0.29) is 12.4 Å². The molecule has 0 aliphatic heterocycles. The predicted octanol–water partition coefficient (Wildman–Crippen LogP) is 2.19. The molecule has 1 aliphatic rings. The molecule has 0 heterocycles. The molecule has 0 spiro atoms. The summed E-state index contributed by atoms with van der Waals surface area (Å²) in [6, 6.07) is 0.532. The lowest BCUT2D eigenvalue weighted by atomic mass is 9.89. The van der Waals surface area contributed by atoms with E-state index >= 15 is 0 Å². The molecule has 0 bridgehead atoms. The van der Waals surface area contributed by atoms with Gasteiger partial charge in [-0.25, -0.2) is 0 Å². The number of hydrogen-bond acceptors (Lipinski definition) is 1. The van der Waals surface area contributed by atoms with Gasteiger partial charge in [-0.1, -0.05) is 20.8 Å². The van der Waals surface area contributed by atoms with Gasteiger partial charge in [-0.2, -0.15) is 0 Å². The van der Waals surface area contributed by atoms with Crippen LogP contribution in [0.1, 0.15) is 33.6 Å². The van der Waals surface area contributed by atoms with Crippen LogP contribution in [0, 0.1) is 11.3 Å². The standard InChI is InChI=1S/C8H17N.ClH/c1-8(2,3)5-6-4-7(6)9;/h6-7H,4-5,9H2,1-3H3;1H. The van der Waals surface area contributed by atoms with Crippen LogP contribution in [0.15, 0.2) is 0 Å². The van der Waals surface area contributed by atoms with E-state index in [0.29, 0.717) is 11.5 Å². The smallest absolute Gasteiger partial charge is 0.00711 e. The Morgan fingerprint density at radius 3 is 1.90 bits per heavy atom. The second-order valence-electron chi connectivity index (χ2n) is 4.42. The average Bonchev–Trinajstić information content (AvgIpc) is 2.13. The van der Waals surface area contributed by atoms with Gasteiger partial charge in [-0.05, 0) is 24.2 Å². The SMILES string of the molecule is CC(C)(C)CC1CC1N.Cl. The Bertz CT molecular complexity index is 106. The lowest BCUT2D eigenvalue weighted by Gasteiger charge is -2.16. The van der Waals surface area contributed by atoms with Crippen LogP contribution in [0.4, 0.5) is 0 Å². The van der Waals surface area contributed by atoms with E-state index in [9.17, 15) is 0 Å². The Morgan fingerprint density at radius 1 is 1.40 bits per heavy atom. The van der Waals surface area contributed by atoms with Crippen molar-refractivity contribution in [3.8, 4) is 0 Å². The van der Waals surface area contributed by atoms with Gasteiger partial charge < -0.3 is 5.73 Å². The van der Waals surface area contributed by atoms with Crippen molar-refractivity contribution in [2.45, 2.75) is 39.7 Å². The molecule has 0 aromatic carbocycles. The molecule has 1 rings (SSSR count). The number of nitrogens with two attached hydrogens (primary N) is 1. The minimum atomic E-state index is 0. The van der Waals surface area contributed by atoms with Crippen LogP contribution in [-0.2, 0) is 0 Å². The van der Waals surface area contributed by atoms with E-state index in [4.69, 9.17) is 5.73 Å². The van der Waals surface area contributed by atoms with Gasteiger partial charge in [0.2, 0.25) is 0 Å². The Balaban J connectivity index is 0.000000810. The molecular formula is C8H18ClN. The van der Waals surface area contributed by atoms with Crippen LogP contribution in [0.2, 0.25) is 0 Å². The molecule has 0 aromatic rings. The van der Waals surface area contributed by atoms with Gasteiger partial charge in [-0.15, -0.1) is 12.4 Å². The Labute approximate surface area is 69.8 Å².